The molecule has 1 saturated heterocycles. The molecule has 0 aliphatic carbocycles. The van der Waals surface area contributed by atoms with Crippen LogP contribution in [0, 0.1) is 6.92 Å². The fraction of sp³-hybridized carbons (Fsp3) is 0.643. The SMILES string of the molecule is COC(=O)CC1CCCCN1C(=O)COc1cc(C)on1. The van der Waals surface area contributed by atoms with E-state index in [1.807, 2.05) is 0 Å². The van der Waals surface area contributed by atoms with Gasteiger partial charge in [-0.25, -0.2) is 0 Å². The molecule has 7 heteroatoms. The molecular formula is C14H20N2O5. The molecular weight excluding hydrogens is 276 g/mol. The number of ether oxygens (including phenoxy) is 2. The van der Waals surface area contributed by atoms with Gasteiger partial charge in [0.05, 0.1) is 13.5 Å². The molecule has 0 spiro atoms. The van der Waals surface area contributed by atoms with Crippen molar-refractivity contribution in [1.82, 2.24) is 10.1 Å². The zero-order valence-electron chi connectivity index (χ0n) is 12.3. The van der Waals surface area contributed by atoms with Crippen LogP contribution in [0.15, 0.2) is 10.6 Å². The lowest BCUT2D eigenvalue weighted by Crippen LogP contribution is -2.46. The molecule has 1 aromatic rings. The van der Waals surface area contributed by atoms with Crippen molar-refractivity contribution in [3.05, 3.63) is 11.8 Å². The number of methoxy groups -OCH3 is 1. The van der Waals surface area contributed by atoms with E-state index in [0.717, 1.165) is 19.3 Å². The van der Waals surface area contributed by atoms with Gasteiger partial charge in [-0.2, -0.15) is 0 Å². The van der Waals surface area contributed by atoms with E-state index in [0.29, 0.717) is 18.2 Å². The van der Waals surface area contributed by atoms with Crippen LogP contribution >= 0.6 is 0 Å². The number of carbonyl (C=O) groups excluding carboxylic acids is 2. The average molecular weight is 296 g/mol. The van der Waals surface area contributed by atoms with Gasteiger partial charge < -0.3 is 18.9 Å². The first-order valence-corrected chi connectivity index (χ1v) is 7.02. The first kappa shape index (κ1) is 15.3. The molecule has 0 aromatic carbocycles. The van der Waals surface area contributed by atoms with E-state index in [1.54, 1.807) is 17.9 Å². The number of carbonyl (C=O) groups is 2. The Hall–Kier alpha value is -2.05. The van der Waals surface area contributed by atoms with Crippen molar-refractivity contribution in [2.45, 2.75) is 38.6 Å². The van der Waals surface area contributed by atoms with Crippen molar-refractivity contribution in [3.63, 3.8) is 0 Å². The Morgan fingerprint density at radius 2 is 2.29 bits per heavy atom. The number of aromatic nitrogens is 1. The summed E-state index contributed by atoms with van der Waals surface area (Å²) in [6.07, 6.45) is 2.98. The second-order valence-electron chi connectivity index (χ2n) is 5.08. The maximum Gasteiger partial charge on any atom is 0.307 e. The molecule has 116 valence electrons. The molecule has 21 heavy (non-hydrogen) atoms. The van der Waals surface area contributed by atoms with E-state index in [9.17, 15) is 9.59 Å². The maximum absolute atomic E-state index is 12.2. The first-order valence-electron chi connectivity index (χ1n) is 7.02. The van der Waals surface area contributed by atoms with Gasteiger partial charge in [-0.1, -0.05) is 0 Å². The summed E-state index contributed by atoms with van der Waals surface area (Å²) in [4.78, 5) is 25.4. The normalized spacial score (nSPS) is 18.4. The van der Waals surface area contributed by atoms with Gasteiger partial charge >= 0.3 is 5.97 Å². The first-order chi connectivity index (χ1) is 10.1. The topological polar surface area (TPSA) is 81.9 Å². The van der Waals surface area contributed by atoms with E-state index < -0.39 is 0 Å². The summed E-state index contributed by atoms with van der Waals surface area (Å²) < 4.78 is 14.9. The Balaban J connectivity index is 1.90. The summed E-state index contributed by atoms with van der Waals surface area (Å²) in [7, 11) is 1.35. The molecule has 1 unspecified atom stereocenters. The number of aryl methyl sites for hydroxylation is 1. The summed E-state index contributed by atoms with van der Waals surface area (Å²) in [5.41, 5.74) is 0. The summed E-state index contributed by atoms with van der Waals surface area (Å²) in [6, 6.07) is 1.51. The van der Waals surface area contributed by atoms with Crippen LogP contribution < -0.4 is 4.74 Å². The van der Waals surface area contributed by atoms with Crippen LogP contribution in [0.2, 0.25) is 0 Å². The standard InChI is InChI=1S/C14H20N2O5/c1-10-7-12(15-21-10)20-9-13(17)16-6-4-3-5-11(16)8-14(18)19-2/h7,11H,3-6,8-9H2,1-2H3. The summed E-state index contributed by atoms with van der Waals surface area (Å²) in [5.74, 6) is 0.471. The van der Waals surface area contributed by atoms with Crippen LogP contribution in [0.5, 0.6) is 5.88 Å². The molecule has 1 fully saturated rings. The highest BCUT2D eigenvalue weighted by atomic mass is 16.5. The molecule has 0 bridgehead atoms. The van der Waals surface area contributed by atoms with E-state index in [4.69, 9.17) is 9.26 Å². The molecule has 1 aliphatic heterocycles. The molecule has 2 heterocycles. The van der Waals surface area contributed by atoms with Crippen LogP contribution in [-0.4, -0.2) is 48.2 Å². The highest BCUT2D eigenvalue weighted by Gasteiger charge is 2.29. The Morgan fingerprint density at radius 1 is 1.48 bits per heavy atom. The highest BCUT2D eigenvalue weighted by Crippen LogP contribution is 2.20. The zero-order chi connectivity index (χ0) is 15.2. The number of nitrogens with zero attached hydrogens (tertiary/aromatic N) is 2. The average Bonchev–Trinajstić information content (AvgIpc) is 2.91. The minimum Gasteiger partial charge on any atom is -0.469 e. The number of hydrogen-bond donors (Lipinski definition) is 0. The predicted octanol–water partition coefficient (Wildman–Crippen LogP) is 1.31. The summed E-state index contributed by atoms with van der Waals surface area (Å²) >= 11 is 0. The molecule has 7 nitrogen and oxygen atoms in total. The fourth-order valence-electron chi connectivity index (χ4n) is 2.45. The Labute approximate surface area is 123 Å². The van der Waals surface area contributed by atoms with Gasteiger partial charge in [0.15, 0.2) is 6.61 Å². The van der Waals surface area contributed by atoms with E-state index >= 15 is 0 Å². The van der Waals surface area contributed by atoms with Crippen molar-refractivity contribution in [2.75, 3.05) is 20.3 Å². The number of amides is 1. The molecule has 1 aromatic heterocycles. The molecule has 2 rings (SSSR count). The van der Waals surface area contributed by atoms with E-state index in [2.05, 4.69) is 9.89 Å². The molecule has 0 radical (unpaired) electrons. The number of piperidine rings is 1. The number of rotatable bonds is 5. The van der Waals surface area contributed by atoms with Gasteiger partial charge in [-0.05, 0) is 31.3 Å². The van der Waals surface area contributed by atoms with Crippen molar-refractivity contribution < 1.29 is 23.6 Å². The fourth-order valence-corrected chi connectivity index (χ4v) is 2.45. The van der Waals surface area contributed by atoms with E-state index in [-0.39, 0.29) is 30.9 Å². The Kier molecular flexibility index (Phi) is 5.19. The second kappa shape index (κ2) is 7.10. The summed E-state index contributed by atoms with van der Waals surface area (Å²) in [5, 5.41) is 3.67. The predicted molar refractivity (Wildman–Crippen MR) is 72.7 cm³/mol. The van der Waals surface area contributed by atoms with Crippen molar-refractivity contribution >= 4 is 11.9 Å². The Bertz CT molecular complexity index is 499. The number of likely N-dealkylation sites (tertiary alicyclic amines) is 1. The van der Waals surface area contributed by atoms with Crippen LogP contribution in [-0.2, 0) is 14.3 Å². The molecule has 1 aliphatic rings. The molecule has 1 amide bonds. The van der Waals surface area contributed by atoms with Crippen LogP contribution in [0.25, 0.3) is 0 Å². The maximum atomic E-state index is 12.2. The van der Waals surface area contributed by atoms with Gasteiger partial charge in [-0.15, -0.1) is 0 Å². The van der Waals surface area contributed by atoms with Gasteiger partial charge in [0.2, 0.25) is 0 Å². The quantitative estimate of drug-likeness (QED) is 0.762. The highest BCUT2D eigenvalue weighted by molar-refractivity contribution is 5.79. The number of esters is 1. The van der Waals surface area contributed by atoms with Crippen LogP contribution in [0.3, 0.4) is 0 Å². The van der Waals surface area contributed by atoms with Gasteiger partial charge in [0.25, 0.3) is 11.8 Å². The molecule has 1 atom stereocenters. The molecule has 0 saturated carbocycles. The van der Waals surface area contributed by atoms with Gasteiger partial charge in [-0.3, -0.25) is 9.59 Å². The van der Waals surface area contributed by atoms with E-state index in [1.165, 1.54) is 7.11 Å². The van der Waals surface area contributed by atoms with Gasteiger partial charge in [0, 0.05) is 18.7 Å². The minimum absolute atomic E-state index is 0.107. The lowest BCUT2D eigenvalue weighted by molar-refractivity contribution is -0.145. The monoisotopic (exact) mass is 296 g/mol. The molecule has 0 N–H and O–H groups in total. The van der Waals surface area contributed by atoms with Crippen molar-refractivity contribution in [1.29, 1.82) is 0 Å². The van der Waals surface area contributed by atoms with Crippen molar-refractivity contribution in [2.24, 2.45) is 0 Å². The van der Waals surface area contributed by atoms with Gasteiger partial charge in [0.1, 0.15) is 5.76 Å². The largest absolute Gasteiger partial charge is 0.469 e. The minimum atomic E-state index is -0.298. The lowest BCUT2D eigenvalue weighted by Gasteiger charge is -2.35. The third-order valence-corrected chi connectivity index (χ3v) is 3.53. The smallest absolute Gasteiger partial charge is 0.307 e. The number of hydrogen-bond acceptors (Lipinski definition) is 6. The third-order valence-electron chi connectivity index (χ3n) is 3.53. The van der Waals surface area contributed by atoms with Crippen LogP contribution in [0.1, 0.15) is 31.4 Å². The summed E-state index contributed by atoms with van der Waals surface area (Å²) in [6.45, 7) is 2.28. The zero-order valence-corrected chi connectivity index (χ0v) is 12.3. The second-order valence-corrected chi connectivity index (χ2v) is 5.08. The Morgan fingerprint density at radius 3 is 2.95 bits per heavy atom. The van der Waals surface area contributed by atoms with Crippen molar-refractivity contribution in [3.8, 4) is 5.88 Å². The lowest BCUT2D eigenvalue weighted by atomic mass is 9.99. The third kappa shape index (κ3) is 4.21. The van der Waals surface area contributed by atoms with Crippen LogP contribution in [0.4, 0.5) is 0 Å².